The Labute approximate surface area is 106 Å². The van der Waals surface area contributed by atoms with E-state index in [4.69, 9.17) is 5.84 Å². The van der Waals surface area contributed by atoms with E-state index in [-0.39, 0.29) is 12.4 Å². The summed E-state index contributed by atoms with van der Waals surface area (Å²) in [5.74, 6) is 5.71. The maximum Gasteiger partial charge on any atom is 0.206 e. The fraction of sp³-hybridized carbons (Fsp3) is 0.462. The van der Waals surface area contributed by atoms with Gasteiger partial charge in [0.1, 0.15) is 5.82 Å². The molecule has 2 rings (SSSR count). The lowest BCUT2D eigenvalue weighted by molar-refractivity contribution is 0.603. The molecule has 1 aliphatic rings. The van der Waals surface area contributed by atoms with Crippen molar-refractivity contribution < 1.29 is 4.39 Å². The van der Waals surface area contributed by atoms with E-state index in [1.165, 1.54) is 18.9 Å². The molecule has 0 bridgehead atoms. The van der Waals surface area contributed by atoms with Gasteiger partial charge in [-0.15, -0.1) is 0 Å². The van der Waals surface area contributed by atoms with E-state index in [0.717, 1.165) is 12.8 Å². The Bertz CT molecular complexity index is 413. The highest BCUT2D eigenvalue weighted by Crippen LogP contribution is 2.17. The summed E-state index contributed by atoms with van der Waals surface area (Å²) < 4.78 is 13.4. The highest BCUT2D eigenvalue weighted by molar-refractivity contribution is 5.79. The highest BCUT2D eigenvalue weighted by atomic mass is 19.1. The molecule has 1 fully saturated rings. The number of rotatable bonds is 3. The van der Waals surface area contributed by atoms with Crippen molar-refractivity contribution in [1.82, 2.24) is 10.7 Å². The Balaban J connectivity index is 1.95. The zero-order valence-corrected chi connectivity index (χ0v) is 10.3. The van der Waals surface area contributed by atoms with Crippen LogP contribution < -0.4 is 16.6 Å². The van der Waals surface area contributed by atoms with Crippen molar-refractivity contribution in [3.63, 3.8) is 0 Å². The maximum absolute atomic E-state index is 13.4. The third-order valence-corrected chi connectivity index (χ3v) is 3.20. The summed E-state index contributed by atoms with van der Waals surface area (Å²) >= 11 is 0. The number of nitrogens with zero attached hydrogens (tertiary/aromatic N) is 1. The second-order valence-electron chi connectivity index (χ2n) is 4.53. The molecule has 4 N–H and O–H groups in total. The van der Waals surface area contributed by atoms with Crippen LogP contribution in [0.25, 0.3) is 0 Å². The van der Waals surface area contributed by atoms with E-state index < -0.39 is 0 Å². The van der Waals surface area contributed by atoms with Gasteiger partial charge in [0.05, 0.1) is 6.54 Å². The zero-order valence-electron chi connectivity index (χ0n) is 10.3. The Morgan fingerprint density at radius 1 is 1.33 bits per heavy atom. The molecule has 1 aromatic rings. The molecule has 4 nitrogen and oxygen atoms in total. The zero-order chi connectivity index (χ0) is 12.8. The van der Waals surface area contributed by atoms with E-state index in [9.17, 15) is 4.39 Å². The molecule has 0 amide bonds. The molecule has 0 aliphatic heterocycles. The number of hydrogen-bond acceptors (Lipinski definition) is 2. The highest BCUT2D eigenvalue weighted by Gasteiger charge is 2.15. The first-order valence-corrected chi connectivity index (χ1v) is 6.30. The lowest BCUT2D eigenvalue weighted by atomic mass is 10.2. The van der Waals surface area contributed by atoms with Crippen LogP contribution in [0.3, 0.4) is 0 Å². The molecule has 5 heteroatoms. The van der Waals surface area contributed by atoms with Crippen LogP contribution in [0.5, 0.6) is 0 Å². The van der Waals surface area contributed by atoms with Crippen molar-refractivity contribution >= 4 is 5.96 Å². The number of hydrogen-bond donors (Lipinski definition) is 3. The summed E-state index contributed by atoms with van der Waals surface area (Å²) in [6.07, 6.45) is 4.76. The quantitative estimate of drug-likeness (QED) is 0.331. The predicted molar refractivity (Wildman–Crippen MR) is 70.3 cm³/mol. The SMILES string of the molecule is NNC(=NCc1ccccc1F)NC1CCCC1. The molecular weight excluding hydrogens is 231 g/mol. The van der Waals surface area contributed by atoms with Gasteiger partial charge in [-0.25, -0.2) is 15.2 Å². The summed E-state index contributed by atoms with van der Waals surface area (Å²) in [4.78, 5) is 4.27. The molecule has 1 aliphatic carbocycles. The lowest BCUT2D eigenvalue weighted by Crippen LogP contribution is -2.45. The number of guanidine groups is 1. The summed E-state index contributed by atoms with van der Waals surface area (Å²) in [5.41, 5.74) is 3.10. The van der Waals surface area contributed by atoms with Gasteiger partial charge >= 0.3 is 0 Å². The molecule has 0 radical (unpaired) electrons. The minimum absolute atomic E-state index is 0.238. The average Bonchev–Trinajstić information content (AvgIpc) is 2.89. The molecule has 18 heavy (non-hydrogen) atoms. The first kappa shape index (κ1) is 12.8. The normalized spacial score (nSPS) is 16.9. The Morgan fingerprint density at radius 2 is 2.06 bits per heavy atom. The molecule has 0 saturated heterocycles. The molecule has 0 heterocycles. The number of nitrogens with one attached hydrogen (secondary N) is 2. The second kappa shape index (κ2) is 6.35. The van der Waals surface area contributed by atoms with E-state index in [1.54, 1.807) is 18.2 Å². The van der Waals surface area contributed by atoms with Crippen LogP contribution in [0, 0.1) is 5.82 Å². The van der Waals surface area contributed by atoms with E-state index in [2.05, 4.69) is 15.7 Å². The van der Waals surface area contributed by atoms with E-state index in [0.29, 0.717) is 17.6 Å². The van der Waals surface area contributed by atoms with Gasteiger partial charge in [0.25, 0.3) is 0 Å². The predicted octanol–water partition coefficient (Wildman–Crippen LogP) is 1.68. The van der Waals surface area contributed by atoms with Crippen LogP contribution in [0.1, 0.15) is 31.2 Å². The summed E-state index contributed by atoms with van der Waals surface area (Å²) in [6.45, 7) is 0.284. The van der Waals surface area contributed by atoms with Crippen LogP contribution in [0.15, 0.2) is 29.3 Å². The Kier molecular flexibility index (Phi) is 4.52. The molecule has 0 unspecified atom stereocenters. The van der Waals surface area contributed by atoms with Crippen LogP contribution in [0.4, 0.5) is 4.39 Å². The van der Waals surface area contributed by atoms with Gasteiger partial charge in [0.15, 0.2) is 0 Å². The first-order valence-electron chi connectivity index (χ1n) is 6.30. The van der Waals surface area contributed by atoms with Gasteiger partial charge in [-0.2, -0.15) is 0 Å². The van der Waals surface area contributed by atoms with Crippen LogP contribution in [-0.4, -0.2) is 12.0 Å². The van der Waals surface area contributed by atoms with Crippen molar-refractivity contribution in [2.24, 2.45) is 10.8 Å². The number of benzene rings is 1. The average molecular weight is 250 g/mol. The Hall–Kier alpha value is -1.62. The van der Waals surface area contributed by atoms with Crippen molar-refractivity contribution in [2.75, 3.05) is 0 Å². The third-order valence-electron chi connectivity index (χ3n) is 3.20. The maximum atomic E-state index is 13.4. The summed E-state index contributed by atoms with van der Waals surface area (Å²) in [7, 11) is 0. The van der Waals surface area contributed by atoms with Crippen molar-refractivity contribution in [3.8, 4) is 0 Å². The molecule has 1 aromatic carbocycles. The largest absolute Gasteiger partial charge is 0.353 e. The number of halogens is 1. The third kappa shape index (κ3) is 3.43. The minimum atomic E-state index is -0.238. The summed E-state index contributed by atoms with van der Waals surface area (Å²) in [6, 6.07) is 7.06. The second-order valence-corrected chi connectivity index (χ2v) is 4.53. The minimum Gasteiger partial charge on any atom is -0.353 e. The first-order chi connectivity index (χ1) is 8.79. The molecule has 1 saturated carbocycles. The number of aliphatic imine (C=N–C) groups is 1. The molecule has 0 aromatic heterocycles. The monoisotopic (exact) mass is 250 g/mol. The van der Waals surface area contributed by atoms with Crippen molar-refractivity contribution in [2.45, 2.75) is 38.3 Å². The van der Waals surface area contributed by atoms with Gasteiger partial charge in [-0.1, -0.05) is 31.0 Å². The molecular formula is C13H19FN4. The smallest absolute Gasteiger partial charge is 0.206 e. The van der Waals surface area contributed by atoms with E-state index in [1.807, 2.05) is 0 Å². The topological polar surface area (TPSA) is 62.4 Å². The van der Waals surface area contributed by atoms with Gasteiger partial charge in [0, 0.05) is 11.6 Å². The molecule has 0 spiro atoms. The number of nitrogens with two attached hydrogens (primary N) is 1. The van der Waals surface area contributed by atoms with Crippen molar-refractivity contribution in [3.05, 3.63) is 35.6 Å². The van der Waals surface area contributed by atoms with Gasteiger partial charge < -0.3 is 5.32 Å². The van der Waals surface area contributed by atoms with Gasteiger partial charge in [-0.05, 0) is 18.9 Å². The van der Waals surface area contributed by atoms with Crippen LogP contribution in [-0.2, 0) is 6.54 Å². The fourth-order valence-electron chi connectivity index (χ4n) is 2.19. The van der Waals surface area contributed by atoms with E-state index >= 15 is 0 Å². The Morgan fingerprint density at radius 3 is 2.72 bits per heavy atom. The van der Waals surface area contributed by atoms with Crippen molar-refractivity contribution in [1.29, 1.82) is 0 Å². The lowest BCUT2D eigenvalue weighted by Gasteiger charge is -2.15. The number of hydrazine groups is 1. The standard InChI is InChI=1S/C13H19FN4/c14-12-8-4-1-5-10(12)9-16-13(18-15)17-11-6-2-3-7-11/h1,4-5,8,11H,2-3,6-7,9,15H2,(H2,16,17,18). The molecule has 0 atom stereocenters. The fourth-order valence-corrected chi connectivity index (χ4v) is 2.19. The summed E-state index contributed by atoms with van der Waals surface area (Å²) in [5, 5.41) is 3.25. The van der Waals surface area contributed by atoms with Crippen LogP contribution in [0.2, 0.25) is 0 Å². The van der Waals surface area contributed by atoms with Gasteiger partial charge in [0.2, 0.25) is 5.96 Å². The van der Waals surface area contributed by atoms with Gasteiger partial charge in [-0.3, -0.25) is 5.43 Å². The van der Waals surface area contributed by atoms with Crippen LogP contribution >= 0.6 is 0 Å². The molecule has 98 valence electrons.